The van der Waals surface area contributed by atoms with E-state index in [2.05, 4.69) is 20.8 Å². The summed E-state index contributed by atoms with van der Waals surface area (Å²) in [6, 6.07) is 18.0. The minimum absolute atomic E-state index is 0.0367. The van der Waals surface area contributed by atoms with Gasteiger partial charge in [0, 0.05) is 33.2 Å². The first kappa shape index (κ1) is 25.3. The zero-order chi connectivity index (χ0) is 25.9. The van der Waals surface area contributed by atoms with Gasteiger partial charge in [0.15, 0.2) is 0 Å². The number of halogens is 2. The molecule has 0 atom stereocenters. The number of hydrogen-bond acceptors (Lipinski definition) is 5. The van der Waals surface area contributed by atoms with Crippen LogP contribution < -0.4 is 10.5 Å². The monoisotopic (exact) mass is 553 g/mol. The van der Waals surface area contributed by atoms with Crippen molar-refractivity contribution in [1.29, 1.82) is 5.26 Å². The van der Waals surface area contributed by atoms with E-state index in [0.29, 0.717) is 37.8 Å². The van der Waals surface area contributed by atoms with Crippen molar-refractivity contribution in [2.45, 2.75) is 4.90 Å². The standard InChI is InChI=1S/C24H15Cl2N6O2S2/c25-15-6-7-17(19(26)11-15)21-18(12-27)22(35-23(21)24(29)31-13-28)14-8-9-30-20(10-14)32-36(33,34)16-4-2-1-3-5-16/h1-11,13H,(H3-,28,29,30,31,32)/q-1. The number of nitrogens with one attached hydrogen (secondary N) is 1. The second kappa shape index (κ2) is 10.5. The summed E-state index contributed by atoms with van der Waals surface area (Å²) in [5, 5.41) is 20.0. The summed E-state index contributed by atoms with van der Waals surface area (Å²) in [5.41, 5.74) is 7.75. The van der Waals surface area contributed by atoms with Crippen LogP contribution in [0.2, 0.25) is 10.0 Å². The number of aliphatic imine (C=N–C) groups is 1. The Labute approximate surface area is 221 Å². The molecule has 0 bridgehead atoms. The third kappa shape index (κ3) is 5.10. The highest BCUT2D eigenvalue weighted by molar-refractivity contribution is 7.92. The molecule has 3 N–H and O–H groups in total. The van der Waals surface area contributed by atoms with Gasteiger partial charge >= 0.3 is 0 Å². The number of sulfonamides is 1. The van der Waals surface area contributed by atoms with Crippen LogP contribution >= 0.6 is 34.5 Å². The number of nitrogens with zero attached hydrogens (tertiary/aromatic N) is 4. The van der Waals surface area contributed by atoms with Gasteiger partial charge in [0.2, 0.25) is 0 Å². The Morgan fingerprint density at radius 1 is 1.17 bits per heavy atom. The lowest BCUT2D eigenvalue weighted by molar-refractivity contribution is 0.601. The van der Waals surface area contributed by atoms with Crippen LogP contribution in [0.5, 0.6) is 0 Å². The minimum Gasteiger partial charge on any atom is -0.472 e. The maximum atomic E-state index is 12.8. The minimum atomic E-state index is -3.88. The molecule has 180 valence electrons. The van der Waals surface area contributed by atoms with Gasteiger partial charge in [-0.2, -0.15) is 5.26 Å². The number of pyridine rings is 1. The van der Waals surface area contributed by atoms with Gasteiger partial charge in [-0.05, 0) is 42.0 Å². The lowest BCUT2D eigenvalue weighted by Gasteiger charge is -2.10. The molecule has 0 amide bonds. The predicted octanol–water partition coefficient (Wildman–Crippen LogP) is 5.76. The smallest absolute Gasteiger partial charge is 0.263 e. The van der Waals surface area contributed by atoms with Gasteiger partial charge in [-0.3, -0.25) is 4.72 Å². The van der Waals surface area contributed by atoms with Crippen LogP contribution in [0, 0.1) is 11.3 Å². The molecule has 0 saturated carbocycles. The van der Waals surface area contributed by atoms with E-state index in [0.717, 1.165) is 11.3 Å². The average molecular weight is 554 g/mol. The van der Waals surface area contributed by atoms with Crippen molar-refractivity contribution in [2.24, 2.45) is 10.7 Å². The molecule has 12 heteroatoms. The lowest BCUT2D eigenvalue weighted by Crippen LogP contribution is -2.13. The zero-order valence-electron chi connectivity index (χ0n) is 18.2. The van der Waals surface area contributed by atoms with Crippen LogP contribution in [-0.4, -0.2) is 25.6 Å². The summed E-state index contributed by atoms with van der Waals surface area (Å²) in [4.78, 5) is 8.83. The summed E-state index contributed by atoms with van der Waals surface area (Å²) in [5.74, 6) is 0.0249. The molecule has 0 saturated heterocycles. The zero-order valence-corrected chi connectivity index (χ0v) is 21.3. The quantitative estimate of drug-likeness (QED) is 0.221. The van der Waals surface area contributed by atoms with E-state index in [-0.39, 0.29) is 27.1 Å². The molecule has 0 radical (unpaired) electrons. The van der Waals surface area contributed by atoms with Gasteiger partial charge in [-0.15, -0.1) is 17.7 Å². The molecule has 2 heterocycles. The molecule has 0 unspecified atom stereocenters. The normalized spacial score (nSPS) is 11.6. The highest BCUT2D eigenvalue weighted by atomic mass is 35.5. The summed E-state index contributed by atoms with van der Waals surface area (Å²) < 4.78 is 28.0. The number of thiophene rings is 1. The number of aromatic nitrogens is 1. The SMILES string of the molecule is N#Cc1c(-c2ccnc(NS(=O)(=O)c3ccccc3)c2)sc(C(N)=NC=[N-])c1-c1ccc(Cl)cc1Cl. The topological polar surface area (TPSA) is 144 Å². The van der Waals surface area contributed by atoms with Gasteiger partial charge in [-0.1, -0.05) is 47.5 Å². The van der Waals surface area contributed by atoms with E-state index in [1.165, 1.54) is 30.5 Å². The number of amidine groups is 1. The Bertz CT molecular complexity index is 1650. The highest BCUT2D eigenvalue weighted by Gasteiger charge is 2.24. The number of rotatable bonds is 7. The Balaban J connectivity index is 1.87. The third-order valence-electron chi connectivity index (χ3n) is 4.96. The van der Waals surface area contributed by atoms with Crippen molar-refractivity contribution < 1.29 is 8.42 Å². The van der Waals surface area contributed by atoms with Gasteiger partial charge < -0.3 is 16.1 Å². The fraction of sp³-hybridized carbons (Fsp3) is 0. The molecular formula is C24H15Cl2N6O2S2-. The number of benzene rings is 2. The second-order valence-electron chi connectivity index (χ2n) is 7.22. The van der Waals surface area contributed by atoms with Gasteiger partial charge in [-0.25, -0.2) is 13.4 Å². The van der Waals surface area contributed by atoms with E-state index in [4.69, 9.17) is 34.3 Å². The Kier molecular flexibility index (Phi) is 7.37. The van der Waals surface area contributed by atoms with Crippen molar-refractivity contribution in [1.82, 2.24) is 4.98 Å². The van der Waals surface area contributed by atoms with Crippen molar-refractivity contribution in [2.75, 3.05) is 4.72 Å². The summed E-state index contributed by atoms with van der Waals surface area (Å²) in [7, 11) is -3.88. The Morgan fingerprint density at radius 3 is 2.58 bits per heavy atom. The first-order chi connectivity index (χ1) is 17.2. The van der Waals surface area contributed by atoms with Gasteiger partial charge in [0.1, 0.15) is 11.9 Å². The van der Waals surface area contributed by atoms with Crippen LogP contribution in [-0.2, 0) is 10.0 Å². The fourth-order valence-electron chi connectivity index (χ4n) is 3.42. The third-order valence-corrected chi connectivity index (χ3v) is 8.14. The summed E-state index contributed by atoms with van der Waals surface area (Å²) in [6.07, 6.45) is 1.98. The van der Waals surface area contributed by atoms with E-state index in [1.54, 1.807) is 36.4 Å². The van der Waals surface area contributed by atoms with E-state index < -0.39 is 10.0 Å². The summed E-state index contributed by atoms with van der Waals surface area (Å²) in [6.45, 7) is 0. The van der Waals surface area contributed by atoms with Crippen molar-refractivity contribution >= 4 is 62.6 Å². The lowest BCUT2D eigenvalue weighted by atomic mass is 9.98. The molecule has 2 aromatic carbocycles. The molecule has 2 aromatic heterocycles. The largest absolute Gasteiger partial charge is 0.472 e. The predicted molar refractivity (Wildman–Crippen MR) is 145 cm³/mol. The number of nitriles is 1. The molecule has 0 aliphatic heterocycles. The van der Waals surface area contributed by atoms with Gasteiger partial charge in [0.25, 0.3) is 10.0 Å². The van der Waals surface area contributed by atoms with Crippen molar-refractivity contribution in [3.05, 3.63) is 92.8 Å². The van der Waals surface area contributed by atoms with Crippen molar-refractivity contribution in [3.8, 4) is 27.6 Å². The van der Waals surface area contributed by atoms with Crippen LogP contribution in [0.15, 0.2) is 76.7 Å². The van der Waals surface area contributed by atoms with Crippen LogP contribution in [0.4, 0.5) is 5.82 Å². The molecule has 36 heavy (non-hydrogen) atoms. The number of nitrogens with two attached hydrogens (primary N) is 1. The van der Waals surface area contributed by atoms with E-state index in [1.807, 2.05) is 0 Å². The highest BCUT2D eigenvalue weighted by Crippen LogP contribution is 2.44. The molecule has 0 aliphatic carbocycles. The molecule has 0 fully saturated rings. The van der Waals surface area contributed by atoms with Crippen molar-refractivity contribution in [3.63, 3.8) is 0 Å². The first-order valence-corrected chi connectivity index (χ1v) is 13.2. The molecule has 0 spiro atoms. The van der Waals surface area contributed by atoms with E-state index in [9.17, 15) is 13.7 Å². The maximum absolute atomic E-state index is 12.8. The molecule has 4 aromatic rings. The average Bonchev–Trinajstić information content (AvgIpc) is 3.24. The fourth-order valence-corrected chi connectivity index (χ4v) is 6.11. The Morgan fingerprint density at radius 2 is 1.92 bits per heavy atom. The molecule has 4 rings (SSSR count). The molecule has 8 nitrogen and oxygen atoms in total. The number of hydrogen-bond donors (Lipinski definition) is 2. The maximum Gasteiger partial charge on any atom is 0.263 e. The van der Waals surface area contributed by atoms with E-state index >= 15 is 0 Å². The molecular weight excluding hydrogens is 539 g/mol. The van der Waals surface area contributed by atoms with Crippen LogP contribution in [0.1, 0.15) is 10.4 Å². The van der Waals surface area contributed by atoms with Crippen LogP contribution in [0.25, 0.3) is 27.0 Å². The molecule has 0 aliphatic rings. The number of anilines is 1. The van der Waals surface area contributed by atoms with Crippen LogP contribution in [0.3, 0.4) is 0 Å². The first-order valence-electron chi connectivity index (χ1n) is 10.1. The second-order valence-corrected chi connectivity index (χ2v) is 10.8. The Hall–Kier alpha value is -3.75. The summed E-state index contributed by atoms with van der Waals surface area (Å²) >= 11 is 13.6. The van der Waals surface area contributed by atoms with Gasteiger partial charge in [0.05, 0.1) is 20.2 Å².